The highest BCUT2D eigenvalue weighted by Gasteiger charge is 2.28. The molecule has 2 N–H and O–H groups in total. The third-order valence-corrected chi connectivity index (χ3v) is 5.89. The third kappa shape index (κ3) is 4.49. The summed E-state index contributed by atoms with van der Waals surface area (Å²) in [5.74, 6) is 0.224. The molecule has 1 fully saturated rings. The summed E-state index contributed by atoms with van der Waals surface area (Å²) in [5, 5.41) is 0. The number of anilines is 1. The molecule has 0 spiro atoms. The number of carbonyl (C=O) groups excluding carboxylic acids is 2. The summed E-state index contributed by atoms with van der Waals surface area (Å²) in [6.07, 6.45) is 1.24. The summed E-state index contributed by atoms with van der Waals surface area (Å²) < 4.78 is 0. The summed E-state index contributed by atoms with van der Waals surface area (Å²) in [6, 6.07) is 17.6. The van der Waals surface area contributed by atoms with Gasteiger partial charge in [-0.25, -0.2) is 0 Å². The number of nitrogens with two attached hydrogens (primary N) is 1. The van der Waals surface area contributed by atoms with Crippen LogP contribution >= 0.6 is 0 Å². The highest BCUT2D eigenvalue weighted by atomic mass is 16.2. The first-order valence-corrected chi connectivity index (χ1v) is 10.3. The van der Waals surface area contributed by atoms with Crippen molar-refractivity contribution in [3.8, 4) is 0 Å². The minimum Gasteiger partial charge on any atom is -0.340 e. The van der Waals surface area contributed by atoms with Crippen LogP contribution in [0.15, 0.2) is 54.6 Å². The van der Waals surface area contributed by atoms with Crippen LogP contribution in [0.1, 0.15) is 23.6 Å². The van der Waals surface area contributed by atoms with E-state index in [2.05, 4.69) is 11.0 Å². The summed E-state index contributed by atoms with van der Waals surface area (Å²) >= 11 is 0. The Morgan fingerprint density at radius 2 is 1.55 bits per heavy atom. The van der Waals surface area contributed by atoms with Gasteiger partial charge in [0.05, 0.1) is 6.54 Å². The van der Waals surface area contributed by atoms with Crippen LogP contribution < -0.4 is 10.6 Å². The average Bonchev–Trinajstić information content (AvgIpc) is 3.19. The Bertz CT molecular complexity index is 862. The molecule has 0 saturated carbocycles. The highest BCUT2D eigenvalue weighted by molar-refractivity contribution is 5.96. The van der Waals surface area contributed by atoms with Crippen molar-refractivity contribution >= 4 is 17.5 Å². The molecular formula is C23H28N4O2. The van der Waals surface area contributed by atoms with E-state index < -0.39 is 0 Å². The largest absolute Gasteiger partial charge is 0.340 e. The van der Waals surface area contributed by atoms with Crippen LogP contribution in [0.5, 0.6) is 0 Å². The fourth-order valence-electron chi connectivity index (χ4n) is 4.16. The molecule has 0 radical (unpaired) electrons. The maximum atomic E-state index is 12.8. The SMILES string of the molecule is NC(CC(=O)N1CCN(CC(=O)N2CCc3ccccc32)CC1)c1ccccc1. The first kappa shape index (κ1) is 19.6. The maximum absolute atomic E-state index is 12.8. The van der Waals surface area contributed by atoms with Crippen LogP contribution in [-0.4, -0.2) is 60.9 Å². The lowest BCUT2D eigenvalue weighted by atomic mass is 10.0. The van der Waals surface area contributed by atoms with Gasteiger partial charge in [-0.15, -0.1) is 0 Å². The molecule has 1 saturated heterocycles. The Labute approximate surface area is 171 Å². The molecule has 29 heavy (non-hydrogen) atoms. The number of piperazine rings is 1. The predicted molar refractivity (Wildman–Crippen MR) is 114 cm³/mol. The van der Waals surface area contributed by atoms with E-state index in [1.165, 1.54) is 5.56 Å². The number of nitrogens with zero attached hydrogens (tertiary/aromatic N) is 3. The van der Waals surface area contributed by atoms with Crippen molar-refractivity contribution < 1.29 is 9.59 Å². The van der Waals surface area contributed by atoms with Crippen LogP contribution in [0.3, 0.4) is 0 Å². The van der Waals surface area contributed by atoms with Gasteiger partial charge in [0, 0.05) is 50.9 Å². The van der Waals surface area contributed by atoms with Crippen LogP contribution in [0.4, 0.5) is 5.69 Å². The van der Waals surface area contributed by atoms with Crippen molar-refractivity contribution in [3.63, 3.8) is 0 Å². The second-order valence-electron chi connectivity index (χ2n) is 7.80. The molecule has 2 aromatic carbocycles. The monoisotopic (exact) mass is 392 g/mol. The lowest BCUT2D eigenvalue weighted by Crippen LogP contribution is -2.51. The predicted octanol–water partition coefficient (Wildman–Crippen LogP) is 1.81. The Morgan fingerprint density at radius 3 is 2.31 bits per heavy atom. The number of carbonyl (C=O) groups is 2. The molecule has 0 bridgehead atoms. The molecule has 2 aliphatic heterocycles. The summed E-state index contributed by atoms with van der Waals surface area (Å²) in [4.78, 5) is 31.3. The van der Waals surface area contributed by atoms with E-state index in [9.17, 15) is 9.59 Å². The van der Waals surface area contributed by atoms with Gasteiger partial charge in [-0.05, 0) is 23.6 Å². The normalized spacial score (nSPS) is 17.8. The van der Waals surface area contributed by atoms with E-state index in [-0.39, 0.29) is 17.9 Å². The number of hydrogen-bond donors (Lipinski definition) is 1. The van der Waals surface area contributed by atoms with Crippen molar-refractivity contribution in [2.45, 2.75) is 18.9 Å². The summed E-state index contributed by atoms with van der Waals surface area (Å²) in [6.45, 7) is 3.88. The van der Waals surface area contributed by atoms with E-state index in [1.54, 1.807) is 0 Å². The zero-order chi connectivity index (χ0) is 20.2. The topological polar surface area (TPSA) is 69.9 Å². The van der Waals surface area contributed by atoms with Gasteiger partial charge in [-0.2, -0.15) is 0 Å². The molecule has 1 atom stereocenters. The van der Waals surface area contributed by atoms with E-state index in [4.69, 9.17) is 5.73 Å². The fraction of sp³-hybridized carbons (Fsp3) is 0.391. The molecule has 2 aromatic rings. The van der Waals surface area contributed by atoms with Gasteiger partial charge >= 0.3 is 0 Å². The number of para-hydroxylation sites is 1. The zero-order valence-corrected chi connectivity index (χ0v) is 16.7. The van der Waals surface area contributed by atoms with E-state index in [0.29, 0.717) is 39.1 Å². The zero-order valence-electron chi connectivity index (χ0n) is 16.7. The summed E-state index contributed by atoms with van der Waals surface area (Å²) in [5.41, 5.74) is 9.46. The van der Waals surface area contributed by atoms with Crippen molar-refractivity contribution in [3.05, 3.63) is 65.7 Å². The van der Waals surface area contributed by atoms with Gasteiger partial charge in [-0.1, -0.05) is 48.5 Å². The molecule has 2 heterocycles. The molecule has 6 heteroatoms. The number of hydrogen-bond acceptors (Lipinski definition) is 4. The van der Waals surface area contributed by atoms with Crippen LogP contribution in [0, 0.1) is 0 Å². The van der Waals surface area contributed by atoms with Crippen molar-refractivity contribution in [1.29, 1.82) is 0 Å². The second-order valence-corrected chi connectivity index (χ2v) is 7.80. The van der Waals surface area contributed by atoms with Gasteiger partial charge in [0.1, 0.15) is 0 Å². The standard InChI is InChI=1S/C23H28N4O2/c24-20(18-6-2-1-3-7-18)16-22(28)26-14-12-25(13-15-26)17-23(29)27-11-10-19-8-4-5-9-21(19)27/h1-9,20H,10-17,24H2. The molecule has 152 valence electrons. The molecule has 2 amide bonds. The average molecular weight is 393 g/mol. The summed E-state index contributed by atoms with van der Waals surface area (Å²) in [7, 11) is 0. The Morgan fingerprint density at radius 1 is 0.862 bits per heavy atom. The first-order chi connectivity index (χ1) is 14.1. The lowest BCUT2D eigenvalue weighted by Gasteiger charge is -2.35. The van der Waals surface area contributed by atoms with Crippen molar-refractivity contribution in [2.24, 2.45) is 5.73 Å². The van der Waals surface area contributed by atoms with Crippen LogP contribution in [0.25, 0.3) is 0 Å². The fourth-order valence-corrected chi connectivity index (χ4v) is 4.16. The van der Waals surface area contributed by atoms with E-state index in [1.807, 2.05) is 58.3 Å². The number of rotatable bonds is 5. The molecule has 4 rings (SSSR count). The Kier molecular flexibility index (Phi) is 5.92. The van der Waals surface area contributed by atoms with E-state index >= 15 is 0 Å². The minimum atomic E-state index is -0.279. The third-order valence-electron chi connectivity index (χ3n) is 5.89. The smallest absolute Gasteiger partial charge is 0.241 e. The quantitative estimate of drug-likeness (QED) is 0.843. The second kappa shape index (κ2) is 8.76. The molecule has 6 nitrogen and oxygen atoms in total. The van der Waals surface area contributed by atoms with Gasteiger partial charge in [-0.3, -0.25) is 14.5 Å². The van der Waals surface area contributed by atoms with Gasteiger partial charge in [0.2, 0.25) is 11.8 Å². The Hall–Kier alpha value is -2.70. The number of amides is 2. The number of benzene rings is 2. The van der Waals surface area contributed by atoms with Crippen molar-refractivity contribution in [2.75, 3.05) is 44.2 Å². The molecule has 0 aliphatic carbocycles. The van der Waals surface area contributed by atoms with Gasteiger partial charge in [0.25, 0.3) is 0 Å². The molecule has 1 unspecified atom stereocenters. The number of fused-ring (bicyclic) bond motifs is 1. The lowest BCUT2D eigenvalue weighted by molar-refractivity contribution is -0.133. The molecule has 2 aliphatic rings. The minimum absolute atomic E-state index is 0.0841. The molecule has 0 aromatic heterocycles. The van der Waals surface area contributed by atoms with Crippen LogP contribution in [0.2, 0.25) is 0 Å². The van der Waals surface area contributed by atoms with Gasteiger partial charge in [0.15, 0.2) is 0 Å². The molecular weight excluding hydrogens is 364 g/mol. The van der Waals surface area contributed by atoms with Gasteiger partial charge < -0.3 is 15.5 Å². The van der Waals surface area contributed by atoms with Crippen molar-refractivity contribution in [1.82, 2.24) is 9.80 Å². The van der Waals surface area contributed by atoms with Crippen LogP contribution in [-0.2, 0) is 16.0 Å². The van der Waals surface area contributed by atoms with E-state index in [0.717, 1.165) is 24.2 Å². The maximum Gasteiger partial charge on any atom is 0.241 e. The first-order valence-electron chi connectivity index (χ1n) is 10.3. The highest BCUT2D eigenvalue weighted by Crippen LogP contribution is 2.27. The Balaban J connectivity index is 1.25.